The van der Waals surface area contributed by atoms with E-state index in [2.05, 4.69) is 97.1 Å². The molecule has 0 fully saturated rings. The highest BCUT2D eigenvalue weighted by atomic mass is 16.5. The number of fused-ring (bicyclic) bond motifs is 1. The van der Waals surface area contributed by atoms with Crippen LogP contribution < -0.4 is 4.74 Å². The Morgan fingerprint density at radius 2 is 1.11 bits per heavy atom. The molecule has 0 N–H and O–H groups in total. The minimum absolute atomic E-state index is 0.561. The Morgan fingerprint density at radius 3 is 2.00 bits per heavy atom. The van der Waals surface area contributed by atoms with Crippen molar-refractivity contribution in [2.45, 2.75) is 6.61 Å². The van der Waals surface area contributed by atoms with Gasteiger partial charge in [0.2, 0.25) is 0 Å². The highest BCUT2D eigenvalue weighted by molar-refractivity contribution is 6.24. The average Bonchev–Trinajstić information content (AvgIpc) is 2.76. The predicted octanol–water partition coefficient (Wildman–Crippen LogP) is 7.32. The first-order chi connectivity index (χ1) is 13.9. The quantitative estimate of drug-likeness (QED) is 0.301. The largest absolute Gasteiger partial charge is 0.488 e. The van der Waals surface area contributed by atoms with Crippen LogP contribution in [-0.2, 0) is 6.61 Å². The standard InChI is InChI=1S/C27H18O/c1-2-10-23-18(5-1)6-3-9-22(23)17-28-25-16-14-21-12-11-19-7-4-8-20-13-15-24(25)27(21)26(19)20/h1-16H,17H2. The predicted molar refractivity (Wildman–Crippen MR) is 118 cm³/mol. The van der Waals surface area contributed by atoms with Gasteiger partial charge < -0.3 is 4.74 Å². The van der Waals surface area contributed by atoms with Crippen LogP contribution in [0.25, 0.3) is 43.1 Å². The Balaban J connectivity index is 1.49. The second kappa shape index (κ2) is 5.97. The third kappa shape index (κ3) is 2.26. The highest BCUT2D eigenvalue weighted by Gasteiger charge is 2.11. The van der Waals surface area contributed by atoms with E-state index in [0.29, 0.717) is 6.61 Å². The van der Waals surface area contributed by atoms with Gasteiger partial charge >= 0.3 is 0 Å². The normalized spacial score (nSPS) is 11.7. The fourth-order valence-corrected chi connectivity index (χ4v) is 4.41. The molecule has 0 unspecified atom stereocenters. The van der Waals surface area contributed by atoms with Crippen molar-refractivity contribution in [2.24, 2.45) is 0 Å². The smallest absolute Gasteiger partial charge is 0.127 e. The van der Waals surface area contributed by atoms with Crippen LogP contribution in [0.2, 0.25) is 0 Å². The van der Waals surface area contributed by atoms with E-state index in [-0.39, 0.29) is 0 Å². The highest BCUT2D eigenvalue weighted by Crippen LogP contribution is 2.38. The van der Waals surface area contributed by atoms with E-state index in [1.54, 1.807) is 0 Å². The third-order valence-electron chi connectivity index (χ3n) is 5.75. The third-order valence-corrected chi connectivity index (χ3v) is 5.75. The van der Waals surface area contributed by atoms with Crippen molar-refractivity contribution < 1.29 is 4.74 Å². The molecule has 28 heavy (non-hydrogen) atoms. The van der Waals surface area contributed by atoms with Crippen molar-refractivity contribution in [1.29, 1.82) is 0 Å². The van der Waals surface area contributed by atoms with Gasteiger partial charge in [0.25, 0.3) is 0 Å². The Bertz CT molecular complexity index is 1440. The maximum absolute atomic E-state index is 6.36. The topological polar surface area (TPSA) is 9.23 Å². The molecule has 0 bridgehead atoms. The van der Waals surface area contributed by atoms with E-state index in [4.69, 9.17) is 4.74 Å². The van der Waals surface area contributed by atoms with Crippen molar-refractivity contribution in [3.05, 3.63) is 103 Å². The summed E-state index contributed by atoms with van der Waals surface area (Å²) in [5.74, 6) is 0.943. The van der Waals surface area contributed by atoms with Crippen molar-refractivity contribution in [2.75, 3.05) is 0 Å². The van der Waals surface area contributed by atoms with E-state index < -0.39 is 0 Å². The minimum atomic E-state index is 0.561. The summed E-state index contributed by atoms with van der Waals surface area (Å²) in [6.45, 7) is 0.561. The van der Waals surface area contributed by atoms with Crippen molar-refractivity contribution in [1.82, 2.24) is 0 Å². The van der Waals surface area contributed by atoms with Gasteiger partial charge in [0.05, 0.1) is 0 Å². The lowest BCUT2D eigenvalue weighted by atomic mass is 9.94. The van der Waals surface area contributed by atoms with Crippen LogP contribution in [0, 0.1) is 0 Å². The van der Waals surface area contributed by atoms with Gasteiger partial charge in [-0.2, -0.15) is 0 Å². The zero-order valence-corrected chi connectivity index (χ0v) is 15.4. The Labute approximate surface area is 163 Å². The molecule has 6 aromatic carbocycles. The van der Waals surface area contributed by atoms with E-state index in [1.165, 1.54) is 48.7 Å². The Hall–Kier alpha value is -3.58. The lowest BCUT2D eigenvalue weighted by Gasteiger charge is -2.15. The van der Waals surface area contributed by atoms with E-state index in [9.17, 15) is 0 Å². The van der Waals surface area contributed by atoms with Gasteiger partial charge in [0.15, 0.2) is 0 Å². The summed E-state index contributed by atoms with van der Waals surface area (Å²) in [4.78, 5) is 0. The van der Waals surface area contributed by atoms with E-state index in [1.807, 2.05) is 0 Å². The minimum Gasteiger partial charge on any atom is -0.488 e. The zero-order valence-electron chi connectivity index (χ0n) is 15.4. The molecule has 0 radical (unpaired) electrons. The molecule has 0 aliphatic rings. The molecule has 132 valence electrons. The maximum atomic E-state index is 6.36. The van der Waals surface area contributed by atoms with E-state index >= 15 is 0 Å². The molecule has 0 amide bonds. The first-order valence-electron chi connectivity index (χ1n) is 9.64. The van der Waals surface area contributed by atoms with Gasteiger partial charge in [0.1, 0.15) is 12.4 Å². The number of hydrogen-bond donors (Lipinski definition) is 0. The summed E-state index contributed by atoms with van der Waals surface area (Å²) in [6.07, 6.45) is 0. The molecule has 0 saturated heterocycles. The summed E-state index contributed by atoms with van der Waals surface area (Å²) >= 11 is 0. The summed E-state index contributed by atoms with van der Waals surface area (Å²) in [5, 5.41) is 10.1. The summed E-state index contributed by atoms with van der Waals surface area (Å²) in [7, 11) is 0. The molecular weight excluding hydrogens is 340 g/mol. The lowest BCUT2D eigenvalue weighted by molar-refractivity contribution is 0.311. The van der Waals surface area contributed by atoms with Crippen LogP contribution >= 0.6 is 0 Å². The fourth-order valence-electron chi connectivity index (χ4n) is 4.41. The van der Waals surface area contributed by atoms with Crippen molar-refractivity contribution >= 4 is 43.1 Å². The molecule has 0 saturated carbocycles. The SMILES string of the molecule is c1ccc2c(COc3ccc4ccc5cccc6ccc3c4c56)cccc2c1. The van der Waals surface area contributed by atoms with Crippen molar-refractivity contribution in [3.63, 3.8) is 0 Å². The summed E-state index contributed by atoms with van der Waals surface area (Å²) in [5.41, 5.74) is 1.21. The molecule has 0 heterocycles. The molecule has 6 rings (SSSR count). The molecule has 1 nitrogen and oxygen atoms in total. The molecule has 1 heteroatoms. The molecule has 0 aliphatic carbocycles. The lowest BCUT2D eigenvalue weighted by Crippen LogP contribution is -1.97. The van der Waals surface area contributed by atoms with Gasteiger partial charge in [-0.25, -0.2) is 0 Å². The fraction of sp³-hybridized carbons (Fsp3) is 0.0370. The molecule has 0 atom stereocenters. The Morgan fingerprint density at radius 1 is 0.464 bits per heavy atom. The van der Waals surface area contributed by atoms with Gasteiger partial charge in [-0.1, -0.05) is 84.9 Å². The average molecular weight is 358 g/mol. The molecular formula is C27H18O. The Kier molecular flexibility index (Phi) is 3.30. The van der Waals surface area contributed by atoms with Gasteiger partial charge in [-0.3, -0.25) is 0 Å². The first kappa shape index (κ1) is 15.5. The van der Waals surface area contributed by atoms with Crippen LogP contribution in [0.1, 0.15) is 5.56 Å². The molecule has 0 aliphatic heterocycles. The number of rotatable bonds is 3. The monoisotopic (exact) mass is 358 g/mol. The van der Waals surface area contributed by atoms with Crippen LogP contribution in [0.15, 0.2) is 97.1 Å². The second-order valence-electron chi connectivity index (χ2n) is 7.35. The van der Waals surface area contributed by atoms with Gasteiger partial charge in [0, 0.05) is 10.8 Å². The van der Waals surface area contributed by atoms with Crippen LogP contribution in [0.3, 0.4) is 0 Å². The maximum Gasteiger partial charge on any atom is 0.127 e. The zero-order chi connectivity index (χ0) is 18.5. The van der Waals surface area contributed by atoms with Crippen LogP contribution in [0.4, 0.5) is 0 Å². The molecule has 6 aromatic rings. The number of hydrogen-bond acceptors (Lipinski definition) is 1. The summed E-state index contributed by atoms with van der Waals surface area (Å²) < 4.78 is 6.36. The number of benzene rings is 6. The number of ether oxygens (including phenoxy) is 1. The van der Waals surface area contributed by atoms with Crippen LogP contribution in [0.5, 0.6) is 5.75 Å². The second-order valence-corrected chi connectivity index (χ2v) is 7.35. The molecule has 0 spiro atoms. The summed E-state index contributed by atoms with van der Waals surface area (Å²) in [6, 6.07) is 34.5. The van der Waals surface area contributed by atoms with Gasteiger partial charge in [-0.15, -0.1) is 0 Å². The first-order valence-corrected chi connectivity index (χ1v) is 9.64. The van der Waals surface area contributed by atoms with Crippen molar-refractivity contribution in [3.8, 4) is 5.75 Å². The van der Waals surface area contributed by atoms with Gasteiger partial charge in [-0.05, 0) is 50.0 Å². The van der Waals surface area contributed by atoms with Crippen LogP contribution in [-0.4, -0.2) is 0 Å². The molecule has 0 aromatic heterocycles. The van der Waals surface area contributed by atoms with E-state index in [0.717, 1.165) is 5.75 Å².